The Hall–Kier alpha value is -3.95. The minimum Gasteiger partial charge on any atom is -0.332 e. The Bertz CT molecular complexity index is 1210. The summed E-state index contributed by atoms with van der Waals surface area (Å²) in [6.07, 6.45) is -2.31. The van der Waals surface area contributed by atoms with Gasteiger partial charge in [-0.3, -0.25) is 15.2 Å². The molecule has 3 amide bonds. The van der Waals surface area contributed by atoms with Gasteiger partial charge < -0.3 is 5.32 Å². The fourth-order valence-electron chi connectivity index (χ4n) is 3.41. The number of pyridine rings is 1. The summed E-state index contributed by atoms with van der Waals surface area (Å²) in [4.78, 5) is 28.3. The lowest BCUT2D eigenvalue weighted by atomic mass is 9.97. The van der Waals surface area contributed by atoms with Crippen LogP contribution in [0.2, 0.25) is 0 Å². The number of rotatable bonds is 6. The number of benzene rings is 2. The fourth-order valence-corrected chi connectivity index (χ4v) is 3.41. The van der Waals surface area contributed by atoms with Crippen molar-refractivity contribution in [3.8, 4) is 11.1 Å². The highest BCUT2D eigenvalue weighted by Crippen LogP contribution is 2.29. The molecule has 0 aliphatic heterocycles. The molecule has 0 spiro atoms. The van der Waals surface area contributed by atoms with Crippen molar-refractivity contribution in [2.75, 3.05) is 6.54 Å². The topological polar surface area (TPSA) is 74.3 Å². The Morgan fingerprint density at radius 3 is 2.40 bits per heavy atom. The maximum Gasteiger partial charge on any atom is 0.417 e. The molecule has 35 heavy (non-hydrogen) atoms. The average molecular weight is 488 g/mol. The quantitative estimate of drug-likeness (QED) is 0.363. The van der Waals surface area contributed by atoms with Crippen molar-refractivity contribution < 1.29 is 27.2 Å². The fraction of sp³-hybridized carbons (Fsp3) is 0.240. The first-order valence-corrected chi connectivity index (χ1v) is 10.9. The standard InChI is InChI=1S/C25H24F4N4O2/c1-3-16-7-5-6-8-21(16)17-9-10-18(22(26)12-17)14-31-24(35)33(4-2)32-23(34)19-11-20(15-30-13-19)25(27,28)29/h5-13,15H,3-4,14H2,1-2H3,(H,31,35)(H,32,34). The molecule has 1 heterocycles. The third kappa shape index (κ3) is 6.34. The first-order valence-electron chi connectivity index (χ1n) is 10.9. The summed E-state index contributed by atoms with van der Waals surface area (Å²) in [5, 5.41) is 3.38. The number of carbonyl (C=O) groups is 2. The highest BCUT2D eigenvalue weighted by molar-refractivity contribution is 5.95. The van der Waals surface area contributed by atoms with E-state index < -0.39 is 29.5 Å². The maximum absolute atomic E-state index is 14.7. The number of aromatic nitrogens is 1. The Labute approximate surface area is 199 Å². The number of carbonyl (C=O) groups excluding carboxylic acids is 2. The molecule has 0 radical (unpaired) electrons. The Morgan fingerprint density at radius 1 is 1.00 bits per heavy atom. The van der Waals surface area contributed by atoms with Gasteiger partial charge in [0.25, 0.3) is 5.91 Å². The Kier molecular flexibility index (Phi) is 8.06. The largest absolute Gasteiger partial charge is 0.417 e. The van der Waals surface area contributed by atoms with Gasteiger partial charge in [-0.25, -0.2) is 14.2 Å². The van der Waals surface area contributed by atoms with E-state index in [1.54, 1.807) is 19.1 Å². The van der Waals surface area contributed by atoms with Gasteiger partial charge in [0.15, 0.2) is 0 Å². The molecule has 6 nitrogen and oxygen atoms in total. The first-order chi connectivity index (χ1) is 16.6. The second-order valence-corrected chi connectivity index (χ2v) is 7.62. The molecule has 0 aliphatic carbocycles. The predicted molar refractivity (Wildman–Crippen MR) is 123 cm³/mol. The molecule has 0 saturated carbocycles. The third-order valence-corrected chi connectivity index (χ3v) is 5.32. The molecule has 184 valence electrons. The van der Waals surface area contributed by atoms with E-state index in [0.29, 0.717) is 17.8 Å². The molecular weight excluding hydrogens is 464 g/mol. The van der Waals surface area contributed by atoms with Crippen LogP contribution in [0.3, 0.4) is 0 Å². The van der Waals surface area contributed by atoms with Crippen molar-refractivity contribution in [1.29, 1.82) is 0 Å². The molecule has 0 saturated heterocycles. The molecule has 3 rings (SSSR count). The van der Waals surface area contributed by atoms with Crippen LogP contribution >= 0.6 is 0 Å². The molecule has 3 aromatic rings. The minimum atomic E-state index is -4.66. The van der Waals surface area contributed by atoms with Crippen LogP contribution in [0.15, 0.2) is 60.9 Å². The smallest absolute Gasteiger partial charge is 0.332 e. The first kappa shape index (κ1) is 25.7. The zero-order valence-electron chi connectivity index (χ0n) is 19.1. The lowest BCUT2D eigenvalue weighted by molar-refractivity contribution is -0.137. The number of nitrogens with one attached hydrogen (secondary N) is 2. The minimum absolute atomic E-state index is 0.0131. The van der Waals surface area contributed by atoms with E-state index in [1.165, 1.54) is 6.07 Å². The van der Waals surface area contributed by atoms with Crippen LogP contribution in [0.4, 0.5) is 22.4 Å². The Morgan fingerprint density at radius 2 is 1.74 bits per heavy atom. The van der Waals surface area contributed by atoms with Gasteiger partial charge in [0.2, 0.25) is 0 Å². The van der Waals surface area contributed by atoms with Crippen LogP contribution in [-0.2, 0) is 19.1 Å². The average Bonchev–Trinajstić information content (AvgIpc) is 2.85. The van der Waals surface area contributed by atoms with Crippen LogP contribution in [-0.4, -0.2) is 28.5 Å². The van der Waals surface area contributed by atoms with Gasteiger partial charge in [-0.2, -0.15) is 13.2 Å². The van der Waals surface area contributed by atoms with E-state index in [-0.39, 0.29) is 24.2 Å². The van der Waals surface area contributed by atoms with Crippen LogP contribution in [0.25, 0.3) is 11.1 Å². The van der Waals surface area contributed by atoms with E-state index in [1.807, 2.05) is 31.2 Å². The summed E-state index contributed by atoms with van der Waals surface area (Å²) in [5.41, 5.74) is 3.75. The van der Waals surface area contributed by atoms with Gasteiger partial charge in [-0.1, -0.05) is 43.3 Å². The molecule has 0 atom stereocenters. The summed E-state index contributed by atoms with van der Waals surface area (Å²) < 4.78 is 53.3. The van der Waals surface area contributed by atoms with Crippen LogP contribution in [0.5, 0.6) is 0 Å². The van der Waals surface area contributed by atoms with Gasteiger partial charge in [-0.05, 0) is 42.2 Å². The molecule has 2 aromatic carbocycles. The highest BCUT2D eigenvalue weighted by Gasteiger charge is 2.31. The number of halogens is 4. The molecule has 0 bridgehead atoms. The van der Waals surface area contributed by atoms with Crippen LogP contribution in [0.1, 0.15) is 40.9 Å². The molecule has 0 unspecified atom stereocenters. The van der Waals surface area contributed by atoms with E-state index in [2.05, 4.69) is 15.7 Å². The zero-order valence-corrected chi connectivity index (χ0v) is 19.1. The summed E-state index contributed by atoms with van der Waals surface area (Å²) in [6.45, 7) is 3.43. The summed E-state index contributed by atoms with van der Waals surface area (Å²) in [6, 6.07) is 12.3. The van der Waals surface area contributed by atoms with Crippen molar-refractivity contribution in [2.24, 2.45) is 0 Å². The van der Waals surface area contributed by atoms with Gasteiger partial charge in [-0.15, -0.1) is 0 Å². The molecule has 0 fully saturated rings. The summed E-state index contributed by atoms with van der Waals surface area (Å²) in [7, 11) is 0. The van der Waals surface area contributed by atoms with Gasteiger partial charge in [0.05, 0.1) is 11.1 Å². The van der Waals surface area contributed by atoms with Crippen molar-refractivity contribution in [1.82, 2.24) is 20.7 Å². The second-order valence-electron chi connectivity index (χ2n) is 7.62. The normalized spacial score (nSPS) is 11.1. The number of amides is 3. The van der Waals surface area contributed by atoms with E-state index in [9.17, 15) is 27.2 Å². The molecular formula is C25H24F4N4O2. The van der Waals surface area contributed by atoms with Crippen LogP contribution < -0.4 is 10.7 Å². The molecule has 10 heteroatoms. The summed E-state index contributed by atoms with van der Waals surface area (Å²) >= 11 is 0. The number of hydrazine groups is 1. The van der Waals surface area contributed by atoms with Crippen molar-refractivity contribution in [2.45, 2.75) is 33.0 Å². The van der Waals surface area contributed by atoms with E-state index >= 15 is 0 Å². The van der Waals surface area contributed by atoms with E-state index in [0.717, 1.165) is 28.8 Å². The number of hydrogen-bond donors (Lipinski definition) is 2. The SMILES string of the molecule is CCc1ccccc1-c1ccc(CNC(=O)N(CC)NC(=O)c2cncc(C(F)(F)F)c2)c(F)c1. The molecule has 2 N–H and O–H groups in total. The lowest BCUT2D eigenvalue weighted by Gasteiger charge is -2.22. The van der Waals surface area contributed by atoms with Crippen molar-refractivity contribution in [3.05, 3.63) is 89.0 Å². The van der Waals surface area contributed by atoms with Gasteiger partial charge in [0, 0.05) is 31.0 Å². The number of nitrogens with zero attached hydrogens (tertiary/aromatic N) is 2. The molecule has 0 aliphatic rings. The van der Waals surface area contributed by atoms with Gasteiger partial charge >= 0.3 is 12.2 Å². The van der Waals surface area contributed by atoms with Crippen LogP contribution in [0, 0.1) is 5.82 Å². The Balaban J connectivity index is 1.65. The number of urea groups is 1. The number of aryl methyl sites for hydroxylation is 1. The zero-order chi connectivity index (χ0) is 25.6. The number of alkyl halides is 3. The van der Waals surface area contributed by atoms with E-state index in [4.69, 9.17) is 0 Å². The van der Waals surface area contributed by atoms with Crippen molar-refractivity contribution >= 4 is 11.9 Å². The molecule has 1 aromatic heterocycles. The second kappa shape index (κ2) is 11.0. The monoisotopic (exact) mass is 488 g/mol. The van der Waals surface area contributed by atoms with Gasteiger partial charge in [0.1, 0.15) is 5.82 Å². The highest BCUT2D eigenvalue weighted by atomic mass is 19.4. The summed E-state index contributed by atoms with van der Waals surface area (Å²) in [5.74, 6) is -1.44. The predicted octanol–water partition coefficient (Wildman–Crippen LogP) is 5.35. The third-order valence-electron chi connectivity index (χ3n) is 5.32. The maximum atomic E-state index is 14.7. The number of hydrogen-bond acceptors (Lipinski definition) is 3. The van der Waals surface area contributed by atoms with Crippen molar-refractivity contribution in [3.63, 3.8) is 0 Å². The lowest BCUT2D eigenvalue weighted by Crippen LogP contribution is -2.50.